The Morgan fingerprint density at radius 3 is 2.75 bits per heavy atom. The second-order valence-electron chi connectivity index (χ2n) is 3.00. The van der Waals surface area contributed by atoms with Gasteiger partial charge >= 0.3 is 6.18 Å². The monoisotopic (exact) mass is 234 g/mol. The van der Waals surface area contributed by atoms with Gasteiger partial charge in [-0.3, -0.25) is 4.79 Å². The van der Waals surface area contributed by atoms with Crippen LogP contribution in [-0.4, -0.2) is 29.5 Å². The Labute approximate surface area is 89.5 Å². The molecule has 0 spiro atoms. The van der Waals surface area contributed by atoms with Crippen LogP contribution < -0.4 is 0 Å². The fourth-order valence-corrected chi connectivity index (χ4v) is 1.03. The summed E-state index contributed by atoms with van der Waals surface area (Å²) in [4.78, 5) is 17.9. The van der Waals surface area contributed by atoms with Crippen LogP contribution in [0.3, 0.4) is 0 Å². The van der Waals surface area contributed by atoms with Crippen LogP contribution in [0.5, 0.6) is 0 Å². The quantitative estimate of drug-likeness (QED) is 0.786. The molecule has 0 N–H and O–H groups in total. The molecule has 0 aliphatic rings. The highest BCUT2D eigenvalue weighted by atomic mass is 19.4. The molecule has 88 valence electrons. The number of halogens is 3. The molecule has 0 aromatic carbocycles. The van der Waals surface area contributed by atoms with Crippen LogP contribution in [0, 0.1) is 0 Å². The van der Waals surface area contributed by atoms with Gasteiger partial charge < -0.3 is 4.74 Å². The van der Waals surface area contributed by atoms with Gasteiger partial charge in [0.15, 0.2) is 5.78 Å². The SMILES string of the molecule is COCC(=O)Cc1nccc(C(F)(F)F)n1. The number of rotatable bonds is 4. The van der Waals surface area contributed by atoms with Crippen LogP contribution in [0.15, 0.2) is 12.3 Å². The van der Waals surface area contributed by atoms with E-state index in [4.69, 9.17) is 0 Å². The summed E-state index contributed by atoms with van der Waals surface area (Å²) in [6, 6.07) is 0.754. The first-order valence-corrected chi connectivity index (χ1v) is 4.33. The van der Waals surface area contributed by atoms with Gasteiger partial charge in [0.25, 0.3) is 0 Å². The van der Waals surface area contributed by atoms with Crippen molar-refractivity contribution in [3.8, 4) is 0 Å². The summed E-state index contributed by atoms with van der Waals surface area (Å²) >= 11 is 0. The molecule has 0 radical (unpaired) electrons. The van der Waals surface area contributed by atoms with E-state index in [-0.39, 0.29) is 24.6 Å². The van der Waals surface area contributed by atoms with Crippen molar-refractivity contribution in [2.45, 2.75) is 12.6 Å². The predicted octanol–water partition coefficient (Wildman–Crippen LogP) is 1.25. The third kappa shape index (κ3) is 3.58. The van der Waals surface area contributed by atoms with Crippen LogP contribution in [0.25, 0.3) is 0 Å². The van der Waals surface area contributed by atoms with Crippen molar-refractivity contribution >= 4 is 5.78 Å². The molecule has 1 aromatic rings. The molecule has 0 saturated heterocycles. The summed E-state index contributed by atoms with van der Waals surface area (Å²) < 4.78 is 41.3. The van der Waals surface area contributed by atoms with Gasteiger partial charge in [0.2, 0.25) is 0 Å². The van der Waals surface area contributed by atoms with Crippen LogP contribution in [0.1, 0.15) is 11.5 Å². The summed E-state index contributed by atoms with van der Waals surface area (Å²) in [6.07, 6.45) is -3.81. The van der Waals surface area contributed by atoms with Gasteiger partial charge in [0.05, 0.1) is 6.42 Å². The number of Topliss-reactive ketones (excluding diaryl/α,β-unsaturated/α-hetero) is 1. The molecule has 0 saturated carbocycles. The highest BCUT2D eigenvalue weighted by Crippen LogP contribution is 2.26. The standard InChI is InChI=1S/C9H9F3N2O2/c1-16-5-6(15)4-8-13-3-2-7(14-8)9(10,11)12/h2-3H,4-5H2,1H3. The summed E-state index contributed by atoms with van der Waals surface area (Å²) in [7, 11) is 1.32. The highest BCUT2D eigenvalue weighted by Gasteiger charge is 2.32. The van der Waals surface area contributed by atoms with Crippen LogP contribution >= 0.6 is 0 Å². The number of carbonyl (C=O) groups excluding carboxylic acids is 1. The van der Waals surface area contributed by atoms with E-state index in [1.165, 1.54) is 7.11 Å². The summed E-state index contributed by atoms with van der Waals surface area (Å²) in [5.74, 6) is -0.529. The number of ether oxygens (including phenoxy) is 1. The van der Waals surface area contributed by atoms with Gasteiger partial charge in [-0.2, -0.15) is 13.2 Å². The van der Waals surface area contributed by atoms with Gasteiger partial charge in [0, 0.05) is 13.3 Å². The van der Waals surface area contributed by atoms with Crippen molar-refractivity contribution in [3.63, 3.8) is 0 Å². The maximum absolute atomic E-state index is 12.3. The van der Waals surface area contributed by atoms with E-state index in [1.54, 1.807) is 0 Å². The number of hydrogen-bond acceptors (Lipinski definition) is 4. The van der Waals surface area contributed by atoms with E-state index < -0.39 is 11.9 Å². The Balaban J connectivity index is 2.79. The lowest BCUT2D eigenvalue weighted by atomic mass is 10.2. The van der Waals surface area contributed by atoms with Gasteiger partial charge in [-0.25, -0.2) is 9.97 Å². The zero-order valence-corrected chi connectivity index (χ0v) is 8.41. The molecular weight excluding hydrogens is 225 g/mol. The lowest BCUT2D eigenvalue weighted by Gasteiger charge is -2.06. The van der Waals surface area contributed by atoms with Crippen molar-refractivity contribution in [2.75, 3.05) is 13.7 Å². The van der Waals surface area contributed by atoms with Crippen molar-refractivity contribution in [1.82, 2.24) is 9.97 Å². The van der Waals surface area contributed by atoms with Crippen molar-refractivity contribution in [3.05, 3.63) is 23.8 Å². The zero-order chi connectivity index (χ0) is 12.2. The first kappa shape index (κ1) is 12.6. The molecule has 0 fully saturated rings. The van der Waals surface area contributed by atoms with Crippen LogP contribution in [0.4, 0.5) is 13.2 Å². The molecule has 1 heterocycles. The number of methoxy groups -OCH3 is 1. The number of nitrogens with zero attached hydrogens (tertiary/aromatic N) is 2. The van der Waals surface area contributed by atoms with E-state index in [9.17, 15) is 18.0 Å². The number of alkyl halides is 3. The molecule has 0 atom stereocenters. The first-order chi connectivity index (χ1) is 7.43. The van der Waals surface area contributed by atoms with Gasteiger partial charge in [-0.1, -0.05) is 0 Å². The second-order valence-corrected chi connectivity index (χ2v) is 3.00. The van der Waals surface area contributed by atoms with E-state index in [0.29, 0.717) is 0 Å². The average molecular weight is 234 g/mol. The van der Waals surface area contributed by atoms with E-state index in [1.807, 2.05) is 0 Å². The Morgan fingerprint density at radius 1 is 1.50 bits per heavy atom. The predicted molar refractivity (Wildman–Crippen MR) is 47.6 cm³/mol. The molecule has 1 rings (SSSR count). The topological polar surface area (TPSA) is 52.1 Å². The van der Waals surface area contributed by atoms with Crippen LogP contribution in [0.2, 0.25) is 0 Å². The Hall–Kier alpha value is -1.50. The first-order valence-electron chi connectivity index (χ1n) is 4.33. The summed E-state index contributed by atoms with van der Waals surface area (Å²) in [6.45, 7) is -0.167. The molecule has 1 aromatic heterocycles. The highest BCUT2D eigenvalue weighted by molar-refractivity contribution is 5.81. The molecule has 7 heteroatoms. The Kier molecular flexibility index (Phi) is 3.94. The lowest BCUT2D eigenvalue weighted by molar-refractivity contribution is -0.141. The number of hydrogen-bond donors (Lipinski definition) is 0. The molecule has 0 aliphatic carbocycles. The van der Waals surface area contributed by atoms with Crippen molar-refractivity contribution < 1.29 is 22.7 Å². The molecule has 0 aliphatic heterocycles. The maximum Gasteiger partial charge on any atom is 0.433 e. The smallest absolute Gasteiger partial charge is 0.377 e. The van der Waals surface area contributed by atoms with E-state index >= 15 is 0 Å². The third-order valence-electron chi connectivity index (χ3n) is 1.66. The lowest BCUT2D eigenvalue weighted by Crippen LogP contribution is -2.15. The molecule has 0 amide bonds. The maximum atomic E-state index is 12.3. The van der Waals surface area contributed by atoms with Gasteiger partial charge in [-0.05, 0) is 6.07 Å². The average Bonchev–Trinajstić information content (AvgIpc) is 2.17. The molecule has 16 heavy (non-hydrogen) atoms. The third-order valence-corrected chi connectivity index (χ3v) is 1.66. The van der Waals surface area contributed by atoms with Gasteiger partial charge in [-0.15, -0.1) is 0 Å². The fraction of sp³-hybridized carbons (Fsp3) is 0.444. The second kappa shape index (κ2) is 5.02. The van der Waals surface area contributed by atoms with Gasteiger partial charge in [0.1, 0.15) is 18.1 Å². The zero-order valence-electron chi connectivity index (χ0n) is 8.41. The van der Waals surface area contributed by atoms with Crippen molar-refractivity contribution in [1.29, 1.82) is 0 Å². The van der Waals surface area contributed by atoms with Crippen molar-refractivity contribution in [2.24, 2.45) is 0 Å². The minimum absolute atomic E-state index is 0.156. The molecule has 0 unspecified atom stereocenters. The largest absolute Gasteiger partial charge is 0.433 e. The number of ketones is 1. The van der Waals surface area contributed by atoms with Crippen LogP contribution in [-0.2, 0) is 22.1 Å². The Morgan fingerprint density at radius 2 is 2.19 bits per heavy atom. The minimum Gasteiger partial charge on any atom is -0.377 e. The number of carbonyl (C=O) groups is 1. The van der Waals surface area contributed by atoms with E-state index in [2.05, 4.69) is 14.7 Å². The normalized spacial score (nSPS) is 11.5. The molecule has 4 nitrogen and oxygen atoms in total. The summed E-state index contributed by atoms with van der Waals surface area (Å²) in [5.41, 5.74) is -1.05. The summed E-state index contributed by atoms with van der Waals surface area (Å²) in [5, 5.41) is 0. The fourth-order valence-electron chi connectivity index (χ4n) is 1.03. The number of aromatic nitrogens is 2. The minimum atomic E-state index is -4.53. The molecule has 0 bridgehead atoms. The Bertz CT molecular complexity index is 379. The molecular formula is C9H9F3N2O2. The van der Waals surface area contributed by atoms with E-state index in [0.717, 1.165) is 12.3 Å².